The summed E-state index contributed by atoms with van der Waals surface area (Å²) in [7, 11) is 0. The van der Waals surface area contributed by atoms with E-state index in [4.69, 9.17) is 9.47 Å². The van der Waals surface area contributed by atoms with E-state index in [0.29, 0.717) is 5.92 Å². The van der Waals surface area contributed by atoms with Crippen molar-refractivity contribution in [2.24, 2.45) is 22.2 Å². The van der Waals surface area contributed by atoms with Crippen molar-refractivity contribution in [2.75, 3.05) is 13.2 Å². The fourth-order valence-corrected chi connectivity index (χ4v) is 3.59. The van der Waals surface area contributed by atoms with Gasteiger partial charge in [-0.2, -0.15) is 0 Å². The van der Waals surface area contributed by atoms with Crippen LogP contribution in [0.25, 0.3) is 0 Å². The standard InChI is InChI=1S/C22H46O2/c1-17(2)13-19(5,6)16-24-22(11,12)21(9,10)14-20(7,8)15-23-18(3)4/h17-18H,13-16H2,1-12H3. The zero-order valence-corrected chi connectivity index (χ0v) is 18.8. The summed E-state index contributed by atoms with van der Waals surface area (Å²) in [6.45, 7) is 28.8. The maximum Gasteiger partial charge on any atom is 0.0677 e. The number of rotatable bonds is 11. The molecule has 0 rings (SSSR count). The van der Waals surface area contributed by atoms with E-state index in [0.717, 1.165) is 19.6 Å². The lowest BCUT2D eigenvalue weighted by Crippen LogP contribution is -2.46. The van der Waals surface area contributed by atoms with Gasteiger partial charge in [0.25, 0.3) is 0 Å². The third-order valence-corrected chi connectivity index (χ3v) is 5.14. The SMILES string of the molecule is CC(C)CC(C)(C)COC(C)(C)C(C)(C)CC(C)(C)COC(C)C. The van der Waals surface area contributed by atoms with Crippen LogP contribution in [-0.4, -0.2) is 24.9 Å². The van der Waals surface area contributed by atoms with E-state index in [1.165, 1.54) is 6.42 Å². The molecule has 0 aliphatic rings. The van der Waals surface area contributed by atoms with E-state index in [1.54, 1.807) is 0 Å². The van der Waals surface area contributed by atoms with Crippen molar-refractivity contribution < 1.29 is 9.47 Å². The van der Waals surface area contributed by atoms with Crippen LogP contribution in [0.15, 0.2) is 0 Å². The first-order valence-corrected chi connectivity index (χ1v) is 9.75. The smallest absolute Gasteiger partial charge is 0.0677 e. The molecule has 0 spiro atoms. The summed E-state index contributed by atoms with van der Waals surface area (Å²) in [6, 6.07) is 0. The van der Waals surface area contributed by atoms with Gasteiger partial charge in [-0.05, 0) is 62.7 Å². The second-order valence-electron chi connectivity index (χ2n) is 11.1. The topological polar surface area (TPSA) is 18.5 Å². The minimum Gasteiger partial charge on any atom is -0.378 e. The molecule has 0 bridgehead atoms. The molecule has 0 amide bonds. The van der Waals surface area contributed by atoms with Crippen molar-refractivity contribution in [3.05, 3.63) is 0 Å². The molecule has 0 unspecified atom stereocenters. The summed E-state index contributed by atoms with van der Waals surface area (Å²) in [5.41, 5.74) is 0.265. The van der Waals surface area contributed by atoms with E-state index < -0.39 is 0 Å². The molecule has 0 fully saturated rings. The van der Waals surface area contributed by atoms with E-state index in [9.17, 15) is 0 Å². The highest BCUT2D eigenvalue weighted by atomic mass is 16.5. The van der Waals surface area contributed by atoms with Gasteiger partial charge in [0.05, 0.1) is 24.9 Å². The van der Waals surface area contributed by atoms with Crippen LogP contribution in [-0.2, 0) is 9.47 Å². The first-order valence-electron chi connectivity index (χ1n) is 9.75. The Morgan fingerprint density at radius 1 is 0.708 bits per heavy atom. The first kappa shape index (κ1) is 23.9. The van der Waals surface area contributed by atoms with Gasteiger partial charge in [-0.3, -0.25) is 0 Å². The van der Waals surface area contributed by atoms with Gasteiger partial charge in [0.1, 0.15) is 0 Å². The van der Waals surface area contributed by atoms with Crippen LogP contribution in [0.2, 0.25) is 0 Å². The number of ether oxygens (including phenoxy) is 2. The Morgan fingerprint density at radius 3 is 1.62 bits per heavy atom. The molecular formula is C22H46O2. The predicted molar refractivity (Wildman–Crippen MR) is 107 cm³/mol. The summed E-state index contributed by atoms with van der Waals surface area (Å²) in [6.07, 6.45) is 2.55. The zero-order chi connectivity index (χ0) is 19.4. The summed E-state index contributed by atoms with van der Waals surface area (Å²) in [5.74, 6) is 0.701. The van der Waals surface area contributed by atoms with Crippen molar-refractivity contribution in [1.82, 2.24) is 0 Å². The zero-order valence-electron chi connectivity index (χ0n) is 18.8. The molecule has 0 aliphatic carbocycles. The molecule has 24 heavy (non-hydrogen) atoms. The molecule has 0 radical (unpaired) electrons. The lowest BCUT2D eigenvalue weighted by Gasteiger charge is -2.47. The highest BCUT2D eigenvalue weighted by molar-refractivity contribution is 4.92. The molecule has 0 saturated heterocycles. The third kappa shape index (κ3) is 8.85. The molecule has 0 N–H and O–H groups in total. The van der Waals surface area contributed by atoms with Crippen LogP contribution in [0.1, 0.15) is 95.9 Å². The van der Waals surface area contributed by atoms with Crippen LogP contribution in [0.5, 0.6) is 0 Å². The van der Waals surface area contributed by atoms with Gasteiger partial charge >= 0.3 is 0 Å². The summed E-state index contributed by atoms with van der Waals surface area (Å²) in [5, 5.41) is 0. The first-order chi connectivity index (χ1) is 10.5. The molecule has 0 saturated carbocycles. The fraction of sp³-hybridized carbons (Fsp3) is 1.00. The third-order valence-electron chi connectivity index (χ3n) is 5.14. The number of hydrogen-bond donors (Lipinski definition) is 0. The van der Waals surface area contributed by atoms with Crippen LogP contribution in [0.3, 0.4) is 0 Å². The highest BCUT2D eigenvalue weighted by Gasteiger charge is 2.42. The van der Waals surface area contributed by atoms with E-state index >= 15 is 0 Å². The quantitative estimate of drug-likeness (QED) is 0.415. The fourth-order valence-electron chi connectivity index (χ4n) is 3.59. The lowest BCUT2D eigenvalue weighted by molar-refractivity contribution is -0.138. The Kier molecular flexibility index (Phi) is 8.51. The van der Waals surface area contributed by atoms with Gasteiger partial charge in [-0.25, -0.2) is 0 Å². The largest absolute Gasteiger partial charge is 0.378 e. The van der Waals surface area contributed by atoms with Gasteiger partial charge in [0, 0.05) is 0 Å². The molecule has 0 aromatic rings. The van der Waals surface area contributed by atoms with Crippen LogP contribution in [0.4, 0.5) is 0 Å². The molecule has 0 heterocycles. The van der Waals surface area contributed by atoms with E-state index in [-0.39, 0.29) is 27.9 Å². The van der Waals surface area contributed by atoms with Crippen molar-refractivity contribution in [1.29, 1.82) is 0 Å². The molecule has 2 nitrogen and oxygen atoms in total. The summed E-state index contributed by atoms with van der Waals surface area (Å²) >= 11 is 0. The lowest BCUT2D eigenvalue weighted by atomic mass is 9.67. The van der Waals surface area contributed by atoms with E-state index in [1.807, 2.05) is 0 Å². The van der Waals surface area contributed by atoms with Crippen molar-refractivity contribution in [3.8, 4) is 0 Å². The van der Waals surface area contributed by atoms with Gasteiger partial charge in [0.15, 0.2) is 0 Å². The maximum atomic E-state index is 6.49. The van der Waals surface area contributed by atoms with Crippen molar-refractivity contribution in [2.45, 2.75) is 108 Å². The van der Waals surface area contributed by atoms with Gasteiger partial charge in [0.2, 0.25) is 0 Å². The van der Waals surface area contributed by atoms with Crippen molar-refractivity contribution >= 4 is 0 Å². The minimum atomic E-state index is -0.170. The van der Waals surface area contributed by atoms with Gasteiger partial charge < -0.3 is 9.47 Å². The summed E-state index contributed by atoms with van der Waals surface area (Å²) in [4.78, 5) is 0. The Hall–Kier alpha value is -0.0800. The molecular weight excluding hydrogens is 296 g/mol. The van der Waals surface area contributed by atoms with Gasteiger partial charge in [-0.1, -0.05) is 55.4 Å². The monoisotopic (exact) mass is 342 g/mol. The Bertz CT molecular complexity index is 362. The Labute approximate surface area is 153 Å². The minimum absolute atomic E-state index is 0.0742. The highest BCUT2D eigenvalue weighted by Crippen LogP contribution is 2.44. The van der Waals surface area contributed by atoms with Gasteiger partial charge in [-0.15, -0.1) is 0 Å². The van der Waals surface area contributed by atoms with Crippen LogP contribution >= 0.6 is 0 Å². The molecule has 2 heteroatoms. The van der Waals surface area contributed by atoms with Crippen LogP contribution in [0, 0.1) is 22.2 Å². The maximum absolute atomic E-state index is 6.49. The number of hydrogen-bond acceptors (Lipinski definition) is 2. The molecule has 0 aliphatic heterocycles. The average Bonchev–Trinajstić information content (AvgIpc) is 2.31. The molecule has 0 atom stereocenters. The Morgan fingerprint density at radius 2 is 1.21 bits per heavy atom. The molecule has 0 aromatic heterocycles. The second-order valence-corrected chi connectivity index (χ2v) is 11.1. The van der Waals surface area contributed by atoms with Crippen molar-refractivity contribution in [3.63, 3.8) is 0 Å². The Balaban J connectivity index is 4.85. The normalized spacial score (nSPS) is 14.8. The van der Waals surface area contributed by atoms with E-state index in [2.05, 4.69) is 83.1 Å². The molecule has 0 aromatic carbocycles. The predicted octanol–water partition coefficient (Wildman–Crippen LogP) is 6.72. The average molecular weight is 343 g/mol. The van der Waals surface area contributed by atoms with Crippen LogP contribution < -0.4 is 0 Å². The molecule has 146 valence electrons. The second kappa shape index (κ2) is 8.54. The summed E-state index contributed by atoms with van der Waals surface area (Å²) < 4.78 is 12.4.